The first-order chi connectivity index (χ1) is 6.86. The Balaban J connectivity index is 2.21. The average molecular weight is 207 g/mol. The lowest BCUT2D eigenvalue weighted by Crippen LogP contribution is -2.26. The SMILES string of the molecule is CCN(CC)CC[SiH2]c1ccccc1. The van der Waals surface area contributed by atoms with Gasteiger partial charge in [0.15, 0.2) is 0 Å². The van der Waals surface area contributed by atoms with Gasteiger partial charge in [-0.25, -0.2) is 0 Å². The largest absolute Gasteiger partial charge is 0.304 e. The van der Waals surface area contributed by atoms with E-state index in [0.717, 1.165) is 0 Å². The van der Waals surface area contributed by atoms with Crippen LogP contribution in [0, 0.1) is 0 Å². The van der Waals surface area contributed by atoms with E-state index in [0.29, 0.717) is 0 Å². The molecule has 0 N–H and O–H groups in total. The van der Waals surface area contributed by atoms with Crippen LogP contribution in [0.15, 0.2) is 30.3 Å². The Hall–Kier alpha value is -0.603. The molecule has 0 atom stereocenters. The van der Waals surface area contributed by atoms with E-state index in [-0.39, 0.29) is 9.52 Å². The van der Waals surface area contributed by atoms with Crippen molar-refractivity contribution in [3.8, 4) is 0 Å². The highest BCUT2D eigenvalue weighted by atomic mass is 28.2. The fraction of sp³-hybridized carbons (Fsp3) is 0.500. The van der Waals surface area contributed by atoms with Gasteiger partial charge in [-0.1, -0.05) is 49.4 Å². The lowest BCUT2D eigenvalue weighted by Gasteiger charge is -2.17. The van der Waals surface area contributed by atoms with Gasteiger partial charge in [-0.05, 0) is 25.7 Å². The summed E-state index contributed by atoms with van der Waals surface area (Å²) in [7, 11) is -0.0145. The Bertz CT molecular complexity index is 231. The molecule has 0 saturated heterocycles. The van der Waals surface area contributed by atoms with Gasteiger partial charge in [0.1, 0.15) is 0 Å². The van der Waals surface area contributed by atoms with Crippen LogP contribution >= 0.6 is 0 Å². The Morgan fingerprint density at radius 2 is 1.71 bits per heavy atom. The van der Waals surface area contributed by atoms with Crippen LogP contribution in [0.2, 0.25) is 6.04 Å². The Morgan fingerprint density at radius 1 is 1.07 bits per heavy atom. The number of hydrogen-bond donors (Lipinski definition) is 0. The molecule has 1 aromatic carbocycles. The first-order valence-corrected chi connectivity index (χ1v) is 7.33. The highest BCUT2D eigenvalue weighted by Gasteiger charge is 1.98. The molecule has 0 heterocycles. The molecule has 0 aliphatic heterocycles. The highest BCUT2D eigenvalue weighted by Crippen LogP contribution is 1.91. The minimum Gasteiger partial charge on any atom is -0.304 e. The zero-order valence-electron chi connectivity index (χ0n) is 9.37. The molecule has 0 fully saturated rings. The third-order valence-electron chi connectivity index (χ3n) is 2.68. The summed E-state index contributed by atoms with van der Waals surface area (Å²) >= 11 is 0. The molecular formula is C12H21NSi. The number of hydrogen-bond acceptors (Lipinski definition) is 1. The topological polar surface area (TPSA) is 3.24 Å². The smallest absolute Gasteiger partial charge is 0.0560 e. The summed E-state index contributed by atoms with van der Waals surface area (Å²) in [6.07, 6.45) is 0. The molecule has 0 aliphatic carbocycles. The third kappa shape index (κ3) is 4.07. The van der Waals surface area contributed by atoms with Gasteiger partial charge in [0, 0.05) is 0 Å². The maximum absolute atomic E-state index is 2.51. The van der Waals surface area contributed by atoms with Gasteiger partial charge >= 0.3 is 0 Å². The van der Waals surface area contributed by atoms with Crippen molar-refractivity contribution >= 4 is 14.7 Å². The molecule has 0 aliphatic rings. The van der Waals surface area contributed by atoms with Gasteiger partial charge in [0.25, 0.3) is 0 Å². The molecule has 1 nitrogen and oxygen atoms in total. The van der Waals surface area contributed by atoms with Crippen LogP contribution in [0.4, 0.5) is 0 Å². The predicted molar refractivity (Wildman–Crippen MR) is 67.2 cm³/mol. The van der Waals surface area contributed by atoms with Gasteiger partial charge in [-0.3, -0.25) is 0 Å². The molecule has 0 spiro atoms. The van der Waals surface area contributed by atoms with E-state index < -0.39 is 0 Å². The molecule has 14 heavy (non-hydrogen) atoms. The molecule has 0 unspecified atom stereocenters. The van der Waals surface area contributed by atoms with Crippen LogP contribution in [0.3, 0.4) is 0 Å². The summed E-state index contributed by atoms with van der Waals surface area (Å²) in [6, 6.07) is 12.4. The van der Waals surface area contributed by atoms with Gasteiger partial charge in [0.2, 0.25) is 0 Å². The summed E-state index contributed by atoms with van der Waals surface area (Å²) in [5.41, 5.74) is 0. The first-order valence-electron chi connectivity index (χ1n) is 5.63. The van der Waals surface area contributed by atoms with Crippen LogP contribution in [0.25, 0.3) is 0 Å². The van der Waals surface area contributed by atoms with Crippen molar-refractivity contribution in [2.75, 3.05) is 19.6 Å². The monoisotopic (exact) mass is 207 g/mol. The van der Waals surface area contributed by atoms with E-state index in [2.05, 4.69) is 49.1 Å². The summed E-state index contributed by atoms with van der Waals surface area (Å²) in [6.45, 7) is 8.16. The van der Waals surface area contributed by atoms with E-state index >= 15 is 0 Å². The zero-order chi connectivity index (χ0) is 10.2. The molecular weight excluding hydrogens is 186 g/mol. The summed E-state index contributed by atoms with van der Waals surface area (Å²) < 4.78 is 0. The Labute approximate surface area is 90.0 Å². The molecule has 78 valence electrons. The molecule has 2 heteroatoms. The van der Waals surface area contributed by atoms with Crippen molar-refractivity contribution in [2.45, 2.75) is 19.9 Å². The molecule has 0 radical (unpaired) electrons. The van der Waals surface area contributed by atoms with Crippen LogP contribution in [0.5, 0.6) is 0 Å². The molecule has 0 saturated carbocycles. The zero-order valence-corrected chi connectivity index (χ0v) is 10.8. The van der Waals surface area contributed by atoms with Crippen molar-refractivity contribution in [1.82, 2.24) is 4.90 Å². The number of nitrogens with zero attached hydrogens (tertiary/aromatic N) is 1. The van der Waals surface area contributed by atoms with Crippen molar-refractivity contribution in [3.05, 3.63) is 30.3 Å². The van der Waals surface area contributed by atoms with Crippen molar-refractivity contribution in [1.29, 1.82) is 0 Å². The van der Waals surface area contributed by atoms with Gasteiger partial charge < -0.3 is 4.90 Å². The normalized spacial score (nSPS) is 11.6. The lowest BCUT2D eigenvalue weighted by atomic mass is 10.4. The predicted octanol–water partition coefficient (Wildman–Crippen LogP) is 1.24. The van der Waals surface area contributed by atoms with Crippen molar-refractivity contribution in [2.24, 2.45) is 0 Å². The second-order valence-electron chi connectivity index (χ2n) is 3.62. The maximum Gasteiger partial charge on any atom is 0.0560 e. The molecule has 1 aromatic rings. The van der Waals surface area contributed by atoms with Crippen molar-refractivity contribution in [3.63, 3.8) is 0 Å². The second-order valence-corrected chi connectivity index (χ2v) is 5.64. The first kappa shape index (κ1) is 11.5. The van der Waals surface area contributed by atoms with Crippen molar-refractivity contribution < 1.29 is 0 Å². The quantitative estimate of drug-likeness (QED) is 0.635. The summed E-state index contributed by atoms with van der Waals surface area (Å²) in [5, 5.41) is 1.60. The number of rotatable bonds is 6. The molecule has 0 aromatic heterocycles. The molecule has 0 bridgehead atoms. The summed E-state index contributed by atoms with van der Waals surface area (Å²) in [5.74, 6) is 0. The van der Waals surface area contributed by atoms with E-state index in [1.54, 1.807) is 5.19 Å². The van der Waals surface area contributed by atoms with E-state index in [1.165, 1.54) is 25.7 Å². The maximum atomic E-state index is 2.51. The number of benzene rings is 1. The average Bonchev–Trinajstić information content (AvgIpc) is 2.26. The standard InChI is InChI=1S/C12H21NSi/c1-3-13(4-2)10-11-14-12-8-6-5-7-9-12/h5-9H,3-4,10-11,14H2,1-2H3. The van der Waals surface area contributed by atoms with Gasteiger partial charge in [0.05, 0.1) is 9.52 Å². The highest BCUT2D eigenvalue weighted by molar-refractivity contribution is 6.53. The summed E-state index contributed by atoms with van der Waals surface area (Å²) in [4.78, 5) is 2.51. The van der Waals surface area contributed by atoms with Crippen LogP contribution in [-0.2, 0) is 0 Å². The fourth-order valence-corrected chi connectivity index (χ4v) is 3.31. The van der Waals surface area contributed by atoms with Crippen LogP contribution in [-0.4, -0.2) is 34.1 Å². The fourth-order valence-electron chi connectivity index (χ4n) is 1.69. The van der Waals surface area contributed by atoms with E-state index in [1.807, 2.05) is 0 Å². The van der Waals surface area contributed by atoms with Gasteiger partial charge in [-0.2, -0.15) is 0 Å². The Kier molecular flexibility index (Phi) is 5.57. The minimum atomic E-state index is -0.0145. The third-order valence-corrected chi connectivity index (χ3v) is 4.40. The minimum absolute atomic E-state index is 0.0145. The Morgan fingerprint density at radius 3 is 2.29 bits per heavy atom. The van der Waals surface area contributed by atoms with Gasteiger partial charge in [-0.15, -0.1) is 0 Å². The van der Waals surface area contributed by atoms with E-state index in [4.69, 9.17) is 0 Å². The van der Waals surface area contributed by atoms with Crippen LogP contribution in [0.1, 0.15) is 13.8 Å². The lowest BCUT2D eigenvalue weighted by molar-refractivity contribution is 0.321. The van der Waals surface area contributed by atoms with E-state index in [9.17, 15) is 0 Å². The molecule has 1 rings (SSSR count). The molecule has 0 amide bonds. The second kappa shape index (κ2) is 6.79. The van der Waals surface area contributed by atoms with Crippen LogP contribution < -0.4 is 5.19 Å².